The van der Waals surface area contributed by atoms with Crippen LogP contribution in [0.25, 0.3) is 0 Å². The number of hydrogen-bond donors (Lipinski definition) is 1. The zero-order valence-electron chi connectivity index (χ0n) is 17.0. The molecule has 0 aliphatic carbocycles. The van der Waals surface area contributed by atoms with Crippen molar-refractivity contribution in [2.24, 2.45) is 0 Å². The van der Waals surface area contributed by atoms with Crippen LogP contribution < -0.4 is 0 Å². The van der Waals surface area contributed by atoms with Crippen molar-refractivity contribution < 1.29 is 9.53 Å². The zero-order chi connectivity index (χ0) is 19.5. The average molecular weight is 382 g/mol. The topological polar surface area (TPSA) is 50.1 Å². The number of carbonyl (C=O) groups excluding carboxylic acids is 1. The van der Waals surface area contributed by atoms with Gasteiger partial charge in [-0.05, 0) is 26.2 Å². The summed E-state index contributed by atoms with van der Waals surface area (Å²) in [6, 6.07) is 1.91. The van der Waals surface area contributed by atoms with Crippen LogP contribution in [0.15, 0.2) is 11.6 Å². The summed E-state index contributed by atoms with van der Waals surface area (Å²) in [6.07, 6.45) is 19.3. The normalized spacial score (nSPS) is 12.6. The first-order valence-corrected chi connectivity index (χ1v) is 11.1. The van der Waals surface area contributed by atoms with Gasteiger partial charge in [0, 0.05) is 5.25 Å². The summed E-state index contributed by atoms with van der Waals surface area (Å²) in [6.45, 7) is 4.30. The quantitative estimate of drug-likeness (QED) is 0.0993. The number of rotatable bonds is 17. The minimum atomic E-state index is -0.518. The lowest BCUT2D eigenvalue weighted by Crippen LogP contribution is -2.06. The lowest BCUT2D eigenvalue weighted by Gasteiger charge is -2.09. The lowest BCUT2D eigenvalue weighted by atomic mass is 10.0. The molecule has 1 atom stereocenters. The molecular weight excluding hydrogens is 342 g/mol. The van der Waals surface area contributed by atoms with Crippen LogP contribution in [0.5, 0.6) is 0 Å². The number of allylic oxidation sites excluding steroid dienone is 1. The Balaban J connectivity index is 3.56. The Hall–Kier alpha value is -0.950. The van der Waals surface area contributed by atoms with Gasteiger partial charge in [-0.3, -0.25) is 0 Å². The Morgan fingerprint density at radius 2 is 1.50 bits per heavy atom. The smallest absolute Gasteiger partial charge is 0.348 e. The second kappa shape index (κ2) is 18.8. The maximum atomic E-state index is 11.5. The van der Waals surface area contributed by atoms with Gasteiger partial charge in [-0.25, -0.2) is 4.79 Å². The number of hydrogen-bond acceptors (Lipinski definition) is 4. The van der Waals surface area contributed by atoms with Crippen LogP contribution in [0.2, 0.25) is 0 Å². The van der Waals surface area contributed by atoms with E-state index in [4.69, 9.17) is 10.00 Å². The first-order valence-electron chi connectivity index (χ1n) is 10.6. The summed E-state index contributed by atoms with van der Waals surface area (Å²) >= 11 is 4.63. The van der Waals surface area contributed by atoms with E-state index in [0.717, 1.165) is 12.8 Å². The van der Waals surface area contributed by atoms with Gasteiger partial charge in [-0.1, -0.05) is 83.6 Å². The van der Waals surface area contributed by atoms with E-state index in [2.05, 4.69) is 19.6 Å². The van der Waals surface area contributed by atoms with E-state index < -0.39 is 5.97 Å². The summed E-state index contributed by atoms with van der Waals surface area (Å²) in [5.74, 6) is -0.518. The van der Waals surface area contributed by atoms with Crippen molar-refractivity contribution >= 4 is 18.6 Å². The molecule has 4 heteroatoms. The molecule has 3 nitrogen and oxygen atoms in total. The first kappa shape index (κ1) is 25.1. The van der Waals surface area contributed by atoms with Crippen molar-refractivity contribution in [1.82, 2.24) is 0 Å². The summed E-state index contributed by atoms with van der Waals surface area (Å²) in [4.78, 5) is 11.5. The molecule has 0 heterocycles. The molecule has 150 valence electrons. The van der Waals surface area contributed by atoms with Crippen LogP contribution in [0.4, 0.5) is 0 Å². The lowest BCUT2D eigenvalue weighted by molar-refractivity contribution is -0.138. The number of nitriles is 1. The highest BCUT2D eigenvalue weighted by molar-refractivity contribution is 7.80. The van der Waals surface area contributed by atoms with Crippen molar-refractivity contribution in [3.8, 4) is 6.07 Å². The molecule has 0 spiro atoms. The van der Waals surface area contributed by atoms with Gasteiger partial charge in [-0.15, -0.1) is 0 Å². The standard InChI is InChI=1S/C22H39NO2S/c1-3-5-6-7-8-9-10-11-12-13-14-17-21(26)18-15-16-20(19-23)22(24)25-4-2/h16,21,26H,3-15,17-18H2,1-2H3. The fourth-order valence-electron chi connectivity index (χ4n) is 2.99. The monoisotopic (exact) mass is 381 g/mol. The first-order chi connectivity index (χ1) is 12.7. The molecule has 0 aromatic carbocycles. The zero-order valence-corrected chi connectivity index (χ0v) is 17.9. The Kier molecular flexibility index (Phi) is 18.1. The molecule has 1 unspecified atom stereocenters. The van der Waals surface area contributed by atoms with Crippen molar-refractivity contribution in [1.29, 1.82) is 5.26 Å². The Bertz CT molecular complexity index is 415. The molecule has 0 rings (SSSR count). The minimum absolute atomic E-state index is 0.113. The van der Waals surface area contributed by atoms with E-state index >= 15 is 0 Å². The summed E-state index contributed by atoms with van der Waals surface area (Å²) < 4.78 is 4.85. The highest BCUT2D eigenvalue weighted by Gasteiger charge is 2.09. The summed E-state index contributed by atoms with van der Waals surface area (Å²) in [5.41, 5.74) is 0.113. The van der Waals surface area contributed by atoms with Gasteiger partial charge in [-0.2, -0.15) is 17.9 Å². The molecule has 0 amide bonds. The van der Waals surface area contributed by atoms with Crippen LogP contribution in [-0.2, 0) is 9.53 Å². The highest BCUT2D eigenvalue weighted by Crippen LogP contribution is 2.17. The predicted molar refractivity (Wildman–Crippen MR) is 113 cm³/mol. The number of carbonyl (C=O) groups is 1. The fraction of sp³-hybridized carbons (Fsp3) is 0.818. The number of thiol groups is 1. The van der Waals surface area contributed by atoms with Crippen molar-refractivity contribution in [2.45, 2.75) is 109 Å². The molecule has 26 heavy (non-hydrogen) atoms. The van der Waals surface area contributed by atoms with Crippen LogP contribution >= 0.6 is 12.6 Å². The maximum absolute atomic E-state index is 11.5. The molecule has 0 aliphatic rings. The molecular formula is C22H39NO2S. The Morgan fingerprint density at radius 1 is 0.962 bits per heavy atom. The second-order valence-corrected chi connectivity index (χ2v) is 7.74. The molecule has 0 aliphatic heterocycles. The van der Waals surface area contributed by atoms with Crippen LogP contribution in [-0.4, -0.2) is 17.8 Å². The van der Waals surface area contributed by atoms with Crippen molar-refractivity contribution in [3.63, 3.8) is 0 Å². The molecule has 0 fully saturated rings. The number of unbranched alkanes of at least 4 members (excludes halogenated alkanes) is 10. The predicted octanol–water partition coefficient (Wildman–Crippen LogP) is 6.78. The number of ether oxygens (including phenoxy) is 1. The minimum Gasteiger partial charge on any atom is -0.462 e. The molecule has 0 saturated carbocycles. The molecule has 0 saturated heterocycles. The number of esters is 1. The van der Waals surface area contributed by atoms with Gasteiger partial charge < -0.3 is 4.74 Å². The van der Waals surface area contributed by atoms with Crippen LogP contribution in [0.3, 0.4) is 0 Å². The molecule has 0 bridgehead atoms. The van der Waals surface area contributed by atoms with E-state index in [-0.39, 0.29) is 5.57 Å². The Morgan fingerprint density at radius 3 is 2.00 bits per heavy atom. The molecule has 0 N–H and O–H groups in total. The van der Waals surface area contributed by atoms with Gasteiger partial charge in [0.2, 0.25) is 0 Å². The van der Waals surface area contributed by atoms with Gasteiger partial charge in [0.05, 0.1) is 6.61 Å². The molecule has 0 aromatic rings. The molecule has 0 aromatic heterocycles. The Labute approximate surface area is 167 Å². The summed E-state index contributed by atoms with van der Waals surface area (Å²) in [5, 5.41) is 9.31. The average Bonchev–Trinajstić information content (AvgIpc) is 2.63. The van der Waals surface area contributed by atoms with Gasteiger partial charge in [0.15, 0.2) is 0 Å². The largest absolute Gasteiger partial charge is 0.462 e. The van der Waals surface area contributed by atoms with Crippen LogP contribution in [0.1, 0.15) is 104 Å². The van der Waals surface area contributed by atoms with Crippen molar-refractivity contribution in [2.75, 3.05) is 6.61 Å². The van der Waals surface area contributed by atoms with Gasteiger partial charge in [0.25, 0.3) is 0 Å². The summed E-state index contributed by atoms with van der Waals surface area (Å²) in [7, 11) is 0. The maximum Gasteiger partial charge on any atom is 0.348 e. The fourth-order valence-corrected chi connectivity index (χ4v) is 3.32. The van der Waals surface area contributed by atoms with Crippen molar-refractivity contribution in [3.05, 3.63) is 11.6 Å². The van der Waals surface area contributed by atoms with Gasteiger partial charge >= 0.3 is 5.97 Å². The van der Waals surface area contributed by atoms with Gasteiger partial charge in [0.1, 0.15) is 11.6 Å². The van der Waals surface area contributed by atoms with E-state index in [0.29, 0.717) is 18.3 Å². The second-order valence-electron chi connectivity index (χ2n) is 7.01. The van der Waals surface area contributed by atoms with Crippen LogP contribution in [0, 0.1) is 11.3 Å². The third-order valence-corrected chi connectivity index (χ3v) is 5.12. The highest BCUT2D eigenvalue weighted by atomic mass is 32.1. The van der Waals surface area contributed by atoms with E-state index in [1.807, 2.05) is 6.07 Å². The van der Waals surface area contributed by atoms with E-state index in [9.17, 15) is 4.79 Å². The number of nitrogens with zero attached hydrogens (tertiary/aromatic N) is 1. The third kappa shape index (κ3) is 15.3. The molecule has 0 radical (unpaired) electrons. The van der Waals surface area contributed by atoms with E-state index in [1.165, 1.54) is 70.6 Å². The SMILES string of the molecule is CCCCCCCCCCCCCC(S)CCC=C(C#N)C(=O)OCC. The third-order valence-electron chi connectivity index (χ3n) is 4.61. The van der Waals surface area contributed by atoms with E-state index in [1.54, 1.807) is 13.0 Å².